The van der Waals surface area contributed by atoms with Crippen LogP contribution >= 0.6 is 0 Å². The number of ether oxygens (including phenoxy) is 1. The van der Waals surface area contributed by atoms with Crippen LogP contribution in [0.2, 0.25) is 0 Å². The molecule has 0 N–H and O–H groups in total. The van der Waals surface area contributed by atoms with Gasteiger partial charge in [-0.05, 0) is 37.1 Å². The summed E-state index contributed by atoms with van der Waals surface area (Å²) in [6.07, 6.45) is 2.05. The second-order valence-corrected chi connectivity index (χ2v) is 7.34. The van der Waals surface area contributed by atoms with E-state index in [4.69, 9.17) is 9.26 Å². The van der Waals surface area contributed by atoms with Crippen molar-refractivity contribution in [2.75, 3.05) is 13.2 Å². The molecule has 0 spiro atoms. The first-order valence-electron chi connectivity index (χ1n) is 9.65. The molecule has 1 fully saturated rings. The summed E-state index contributed by atoms with van der Waals surface area (Å²) in [5.74, 6) is 0.350. The van der Waals surface area contributed by atoms with Crippen molar-refractivity contribution in [2.45, 2.75) is 31.9 Å². The molecule has 1 saturated heterocycles. The summed E-state index contributed by atoms with van der Waals surface area (Å²) in [6.45, 7) is 1.71. The van der Waals surface area contributed by atoms with Gasteiger partial charge in [0.2, 0.25) is 5.82 Å². The molecule has 9 heteroatoms. The van der Waals surface area contributed by atoms with E-state index in [9.17, 15) is 9.18 Å². The van der Waals surface area contributed by atoms with Crippen molar-refractivity contribution < 1.29 is 18.4 Å². The number of nitrogens with zero attached hydrogens (tertiary/aromatic N) is 5. The molecule has 1 amide bonds. The molecule has 2 aliphatic rings. The van der Waals surface area contributed by atoms with E-state index in [1.807, 2.05) is 11.9 Å². The lowest BCUT2D eigenvalue weighted by atomic mass is 10.0. The van der Waals surface area contributed by atoms with Crippen molar-refractivity contribution in [2.24, 2.45) is 7.05 Å². The predicted molar refractivity (Wildman–Crippen MR) is 100.0 cm³/mol. The summed E-state index contributed by atoms with van der Waals surface area (Å²) in [7, 11) is 1.87. The van der Waals surface area contributed by atoms with Crippen LogP contribution in [0, 0.1) is 5.82 Å². The van der Waals surface area contributed by atoms with Gasteiger partial charge in [-0.1, -0.05) is 5.16 Å². The Labute approximate surface area is 166 Å². The van der Waals surface area contributed by atoms with Crippen molar-refractivity contribution in [3.63, 3.8) is 0 Å². The van der Waals surface area contributed by atoms with Gasteiger partial charge in [-0.25, -0.2) is 4.39 Å². The molecular weight excluding hydrogens is 377 g/mol. The van der Waals surface area contributed by atoms with Crippen molar-refractivity contribution in [1.29, 1.82) is 0 Å². The van der Waals surface area contributed by atoms with Crippen molar-refractivity contribution in [3.8, 4) is 23.0 Å². The highest BCUT2D eigenvalue weighted by molar-refractivity contribution is 5.81. The maximum Gasteiger partial charge on any atom is 0.279 e. The lowest BCUT2D eigenvalue weighted by Gasteiger charge is -2.29. The zero-order valence-corrected chi connectivity index (χ0v) is 16.0. The molecule has 1 aromatic carbocycles. The molecule has 1 atom stereocenters. The lowest BCUT2D eigenvalue weighted by Crippen LogP contribution is -2.42. The number of fused-ring (bicyclic) bond motifs is 1. The van der Waals surface area contributed by atoms with E-state index in [1.54, 1.807) is 16.8 Å². The zero-order valence-electron chi connectivity index (χ0n) is 16.0. The molecule has 5 rings (SSSR count). The SMILES string of the molecule is Cn1nc(-c2nc(-c3ccc(F)cc3)no2)c2c1CCN(C(=O)C1CCCO1)C2. The summed E-state index contributed by atoms with van der Waals surface area (Å²) >= 11 is 0. The minimum absolute atomic E-state index is 0.0282. The van der Waals surface area contributed by atoms with Gasteiger partial charge < -0.3 is 14.2 Å². The van der Waals surface area contributed by atoms with E-state index in [1.165, 1.54) is 12.1 Å². The van der Waals surface area contributed by atoms with E-state index >= 15 is 0 Å². The summed E-state index contributed by atoms with van der Waals surface area (Å²) < 4.78 is 26.0. The van der Waals surface area contributed by atoms with Gasteiger partial charge in [0.25, 0.3) is 11.8 Å². The molecule has 0 bridgehead atoms. The monoisotopic (exact) mass is 397 g/mol. The lowest BCUT2D eigenvalue weighted by molar-refractivity contribution is -0.141. The van der Waals surface area contributed by atoms with Crippen LogP contribution in [0.15, 0.2) is 28.8 Å². The molecule has 29 heavy (non-hydrogen) atoms. The number of aromatic nitrogens is 4. The fourth-order valence-corrected chi connectivity index (χ4v) is 3.96. The van der Waals surface area contributed by atoms with Crippen LogP contribution < -0.4 is 0 Å². The number of benzene rings is 1. The molecular formula is C20H20FN5O3. The number of carbonyl (C=O) groups is 1. The summed E-state index contributed by atoms with van der Waals surface area (Å²) in [4.78, 5) is 19.0. The Morgan fingerprint density at radius 2 is 2.10 bits per heavy atom. The van der Waals surface area contributed by atoms with E-state index < -0.39 is 0 Å². The number of amides is 1. The quantitative estimate of drug-likeness (QED) is 0.674. The van der Waals surface area contributed by atoms with Gasteiger partial charge in [0.1, 0.15) is 11.9 Å². The fourth-order valence-electron chi connectivity index (χ4n) is 3.96. The number of hydrogen-bond donors (Lipinski definition) is 0. The van der Waals surface area contributed by atoms with Gasteiger partial charge in [-0.2, -0.15) is 10.1 Å². The summed E-state index contributed by atoms with van der Waals surface area (Å²) in [5, 5.41) is 8.58. The first-order chi connectivity index (χ1) is 14.1. The van der Waals surface area contributed by atoms with Crippen LogP contribution in [0.4, 0.5) is 4.39 Å². The highest BCUT2D eigenvalue weighted by atomic mass is 19.1. The van der Waals surface area contributed by atoms with E-state index in [2.05, 4.69) is 15.2 Å². The molecule has 4 heterocycles. The number of hydrogen-bond acceptors (Lipinski definition) is 6. The molecule has 0 aliphatic carbocycles. The first-order valence-corrected chi connectivity index (χ1v) is 9.65. The number of rotatable bonds is 3. The number of halogens is 1. The van der Waals surface area contributed by atoms with E-state index in [0.717, 1.165) is 24.1 Å². The van der Waals surface area contributed by atoms with Crippen LogP contribution in [0.5, 0.6) is 0 Å². The Hall–Kier alpha value is -3.07. The normalized spacial score (nSPS) is 18.8. The molecule has 0 radical (unpaired) electrons. The average molecular weight is 397 g/mol. The number of carbonyl (C=O) groups excluding carboxylic acids is 1. The highest BCUT2D eigenvalue weighted by Crippen LogP contribution is 2.31. The number of aryl methyl sites for hydroxylation is 1. The van der Waals surface area contributed by atoms with Crippen molar-refractivity contribution in [3.05, 3.63) is 41.3 Å². The highest BCUT2D eigenvalue weighted by Gasteiger charge is 2.33. The van der Waals surface area contributed by atoms with Crippen LogP contribution in [0.25, 0.3) is 23.0 Å². The minimum atomic E-state index is -0.342. The van der Waals surface area contributed by atoms with Crippen molar-refractivity contribution in [1.82, 2.24) is 24.8 Å². The Bertz CT molecular complexity index is 1050. The van der Waals surface area contributed by atoms with Crippen LogP contribution in [-0.2, 0) is 29.5 Å². The van der Waals surface area contributed by atoms with E-state index in [-0.39, 0.29) is 23.7 Å². The second-order valence-electron chi connectivity index (χ2n) is 7.34. The van der Waals surface area contributed by atoms with Gasteiger partial charge in [0.05, 0.1) is 0 Å². The zero-order chi connectivity index (χ0) is 20.0. The van der Waals surface area contributed by atoms with Crippen LogP contribution in [0.1, 0.15) is 24.1 Å². The largest absolute Gasteiger partial charge is 0.368 e. The average Bonchev–Trinajstić information content (AvgIpc) is 3.48. The first kappa shape index (κ1) is 18.0. The Morgan fingerprint density at radius 1 is 1.28 bits per heavy atom. The fraction of sp³-hybridized carbons (Fsp3) is 0.400. The van der Waals surface area contributed by atoms with Gasteiger partial charge in [0, 0.05) is 50.0 Å². The second kappa shape index (κ2) is 7.07. The third-order valence-corrected chi connectivity index (χ3v) is 5.49. The smallest absolute Gasteiger partial charge is 0.279 e. The summed E-state index contributed by atoms with van der Waals surface area (Å²) in [6, 6.07) is 5.89. The minimum Gasteiger partial charge on any atom is -0.368 e. The van der Waals surface area contributed by atoms with Crippen molar-refractivity contribution >= 4 is 5.91 Å². The molecule has 3 aromatic rings. The maximum atomic E-state index is 13.2. The third kappa shape index (κ3) is 3.21. The Kier molecular flexibility index (Phi) is 4.39. The molecule has 8 nitrogen and oxygen atoms in total. The van der Waals surface area contributed by atoms with Crippen LogP contribution in [-0.4, -0.2) is 50.0 Å². The Balaban J connectivity index is 1.44. The molecule has 2 aromatic heterocycles. The van der Waals surface area contributed by atoms with Gasteiger partial charge in [0.15, 0.2) is 5.69 Å². The third-order valence-electron chi connectivity index (χ3n) is 5.49. The van der Waals surface area contributed by atoms with Gasteiger partial charge >= 0.3 is 0 Å². The maximum absolute atomic E-state index is 13.2. The van der Waals surface area contributed by atoms with E-state index in [0.29, 0.717) is 43.2 Å². The standard InChI is InChI=1S/C20H20FN5O3/c1-25-15-8-9-26(20(27)16-3-2-10-28-16)11-14(15)17(23-25)19-22-18(24-29-19)12-4-6-13(21)7-5-12/h4-7,16H,2-3,8-11H2,1H3. The Morgan fingerprint density at radius 3 is 2.86 bits per heavy atom. The molecule has 1 unspecified atom stereocenters. The molecule has 0 saturated carbocycles. The topological polar surface area (TPSA) is 86.3 Å². The molecule has 2 aliphatic heterocycles. The molecule has 150 valence electrons. The predicted octanol–water partition coefficient (Wildman–Crippen LogP) is 2.34. The van der Waals surface area contributed by atoms with Gasteiger partial charge in [-0.3, -0.25) is 9.48 Å². The van der Waals surface area contributed by atoms with Gasteiger partial charge in [-0.15, -0.1) is 0 Å². The van der Waals surface area contributed by atoms with Crippen LogP contribution in [0.3, 0.4) is 0 Å². The summed E-state index contributed by atoms with van der Waals surface area (Å²) in [5.41, 5.74) is 3.20.